The Morgan fingerprint density at radius 3 is 2.76 bits per heavy atom. The van der Waals surface area contributed by atoms with Crippen LogP contribution in [0, 0.1) is 17.6 Å². The van der Waals surface area contributed by atoms with Crippen molar-refractivity contribution in [1.29, 1.82) is 0 Å². The van der Waals surface area contributed by atoms with Crippen molar-refractivity contribution < 1.29 is 13.6 Å². The van der Waals surface area contributed by atoms with Crippen LogP contribution in [-0.4, -0.2) is 23.4 Å². The molecule has 3 nitrogen and oxygen atoms in total. The molecule has 1 N–H and O–H groups in total. The van der Waals surface area contributed by atoms with Gasteiger partial charge < -0.3 is 4.90 Å². The maximum absolute atomic E-state index is 13.5. The van der Waals surface area contributed by atoms with Crippen LogP contribution in [0.2, 0.25) is 0 Å². The quantitative estimate of drug-likeness (QED) is 0.909. The summed E-state index contributed by atoms with van der Waals surface area (Å²) in [6, 6.07) is 4.05. The lowest BCUT2D eigenvalue weighted by Crippen LogP contribution is -2.42. The largest absolute Gasteiger partial charge is 0.319 e. The fourth-order valence-electron chi connectivity index (χ4n) is 3.55. The van der Waals surface area contributed by atoms with Gasteiger partial charge in [0.25, 0.3) is 0 Å². The van der Waals surface area contributed by atoms with Gasteiger partial charge in [0.05, 0.1) is 6.54 Å². The Bertz CT molecular complexity index is 549. The average molecular weight is 294 g/mol. The number of benzene rings is 1. The smallest absolute Gasteiger partial charge is 0.238 e. The van der Waals surface area contributed by atoms with Gasteiger partial charge in [0.1, 0.15) is 6.17 Å². The summed E-state index contributed by atoms with van der Waals surface area (Å²) in [5.41, 5.74) is 0.609. The number of carbonyl (C=O) groups is 1. The molecule has 5 heteroatoms. The molecule has 1 heterocycles. The number of amides is 1. The molecule has 1 aliphatic heterocycles. The van der Waals surface area contributed by atoms with Crippen LogP contribution >= 0.6 is 0 Å². The lowest BCUT2D eigenvalue weighted by Gasteiger charge is -2.37. The number of halogens is 2. The zero-order valence-electron chi connectivity index (χ0n) is 12.1. The molecule has 1 aromatic rings. The third kappa shape index (κ3) is 2.79. The van der Waals surface area contributed by atoms with Gasteiger partial charge in [0.15, 0.2) is 11.6 Å². The number of hydrogen-bond donors (Lipinski definition) is 1. The van der Waals surface area contributed by atoms with Gasteiger partial charge in [0.2, 0.25) is 5.91 Å². The minimum Gasteiger partial charge on any atom is -0.319 e. The summed E-state index contributed by atoms with van der Waals surface area (Å²) in [6.45, 7) is 2.46. The number of rotatable bonds is 2. The van der Waals surface area contributed by atoms with E-state index in [1.807, 2.05) is 4.90 Å². The number of carbonyl (C=O) groups excluding carboxylic acids is 1. The Morgan fingerprint density at radius 1 is 1.24 bits per heavy atom. The lowest BCUT2D eigenvalue weighted by atomic mass is 9.86. The van der Waals surface area contributed by atoms with E-state index in [0.29, 0.717) is 11.5 Å². The summed E-state index contributed by atoms with van der Waals surface area (Å²) in [5, 5.41) is 3.12. The van der Waals surface area contributed by atoms with Crippen LogP contribution in [0.15, 0.2) is 18.2 Å². The summed E-state index contributed by atoms with van der Waals surface area (Å²) >= 11 is 0. The highest BCUT2D eigenvalue weighted by atomic mass is 19.2. The Kier molecular flexibility index (Phi) is 3.93. The molecule has 1 saturated carbocycles. The van der Waals surface area contributed by atoms with Crippen molar-refractivity contribution in [1.82, 2.24) is 10.2 Å². The first-order valence-corrected chi connectivity index (χ1v) is 7.55. The molecule has 0 bridgehead atoms. The molecule has 3 unspecified atom stereocenters. The molecule has 1 amide bonds. The van der Waals surface area contributed by atoms with E-state index >= 15 is 0 Å². The first-order valence-electron chi connectivity index (χ1n) is 7.55. The Hall–Kier alpha value is -1.49. The molecule has 0 spiro atoms. The SMILES string of the molecule is CC1CCCC(N2C(=O)CNC2c2ccc(F)c(F)c2)C1. The standard InChI is InChI=1S/C16H20F2N2O/c1-10-3-2-4-12(7-10)20-15(21)9-19-16(20)11-5-6-13(17)14(18)8-11/h5-6,8,10,12,16,19H,2-4,7,9H2,1H3. The van der Waals surface area contributed by atoms with Crippen LogP contribution in [0.3, 0.4) is 0 Å². The van der Waals surface area contributed by atoms with Gasteiger partial charge in [-0.15, -0.1) is 0 Å². The minimum atomic E-state index is -0.870. The maximum atomic E-state index is 13.5. The van der Waals surface area contributed by atoms with E-state index in [4.69, 9.17) is 0 Å². The molecule has 0 radical (unpaired) electrons. The summed E-state index contributed by atoms with van der Waals surface area (Å²) in [7, 11) is 0. The molecule has 21 heavy (non-hydrogen) atoms. The van der Waals surface area contributed by atoms with Crippen LogP contribution in [0.25, 0.3) is 0 Å². The van der Waals surface area contributed by atoms with Crippen molar-refractivity contribution in [2.75, 3.05) is 6.54 Å². The monoisotopic (exact) mass is 294 g/mol. The second kappa shape index (κ2) is 5.72. The van der Waals surface area contributed by atoms with E-state index in [9.17, 15) is 13.6 Å². The van der Waals surface area contributed by atoms with Crippen LogP contribution in [-0.2, 0) is 4.79 Å². The first kappa shape index (κ1) is 14.4. The number of nitrogens with zero attached hydrogens (tertiary/aromatic N) is 1. The van der Waals surface area contributed by atoms with Gasteiger partial charge in [-0.3, -0.25) is 10.1 Å². The van der Waals surface area contributed by atoms with Gasteiger partial charge in [-0.2, -0.15) is 0 Å². The molecule has 2 fully saturated rings. The van der Waals surface area contributed by atoms with Crippen molar-refractivity contribution in [2.45, 2.75) is 44.8 Å². The molecule has 114 valence electrons. The lowest BCUT2D eigenvalue weighted by molar-refractivity contribution is -0.131. The highest BCUT2D eigenvalue weighted by Gasteiger charge is 2.38. The first-order chi connectivity index (χ1) is 10.1. The van der Waals surface area contributed by atoms with Crippen molar-refractivity contribution in [3.63, 3.8) is 0 Å². The van der Waals surface area contributed by atoms with Crippen LogP contribution in [0.5, 0.6) is 0 Å². The van der Waals surface area contributed by atoms with Gasteiger partial charge in [-0.05, 0) is 36.5 Å². The molecule has 3 atom stereocenters. The molecule has 1 saturated heterocycles. The fourth-order valence-corrected chi connectivity index (χ4v) is 3.55. The molecule has 0 aromatic heterocycles. The Labute approximate surface area is 123 Å². The second-order valence-corrected chi connectivity index (χ2v) is 6.18. The zero-order chi connectivity index (χ0) is 15.0. The van der Waals surface area contributed by atoms with Crippen LogP contribution in [0.1, 0.15) is 44.3 Å². The minimum absolute atomic E-state index is 0.0452. The predicted molar refractivity (Wildman–Crippen MR) is 75.4 cm³/mol. The maximum Gasteiger partial charge on any atom is 0.238 e. The van der Waals surface area contributed by atoms with Crippen molar-refractivity contribution in [3.8, 4) is 0 Å². The average Bonchev–Trinajstić information content (AvgIpc) is 2.84. The zero-order valence-corrected chi connectivity index (χ0v) is 12.1. The van der Waals surface area contributed by atoms with Crippen molar-refractivity contribution in [3.05, 3.63) is 35.4 Å². The highest BCUT2D eigenvalue weighted by Crippen LogP contribution is 2.34. The van der Waals surface area contributed by atoms with E-state index < -0.39 is 11.6 Å². The van der Waals surface area contributed by atoms with Gasteiger partial charge in [-0.25, -0.2) is 8.78 Å². The van der Waals surface area contributed by atoms with Crippen molar-refractivity contribution >= 4 is 5.91 Å². The molecule has 2 aliphatic rings. The molecular weight excluding hydrogens is 274 g/mol. The summed E-state index contributed by atoms with van der Waals surface area (Å²) in [5.74, 6) is -1.09. The Morgan fingerprint density at radius 2 is 2.05 bits per heavy atom. The fraction of sp³-hybridized carbons (Fsp3) is 0.562. The summed E-state index contributed by atoms with van der Waals surface area (Å²) in [4.78, 5) is 14.0. The van der Waals surface area contributed by atoms with Gasteiger partial charge in [-0.1, -0.05) is 25.8 Å². The van der Waals surface area contributed by atoms with E-state index in [1.54, 1.807) is 6.07 Å². The Balaban J connectivity index is 1.86. The second-order valence-electron chi connectivity index (χ2n) is 6.18. The summed E-state index contributed by atoms with van der Waals surface area (Å²) < 4.78 is 26.5. The van der Waals surface area contributed by atoms with E-state index in [-0.39, 0.29) is 24.7 Å². The van der Waals surface area contributed by atoms with Crippen LogP contribution in [0.4, 0.5) is 8.78 Å². The van der Waals surface area contributed by atoms with E-state index in [1.165, 1.54) is 12.5 Å². The molecular formula is C16H20F2N2O. The third-order valence-electron chi connectivity index (χ3n) is 4.57. The predicted octanol–water partition coefficient (Wildman–Crippen LogP) is 2.97. The number of nitrogens with one attached hydrogen (secondary N) is 1. The van der Waals surface area contributed by atoms with E-state index in [2.05, 4.69) is 12.2 Å². The van der Waals surface area contributed by atoms with E-state index in [0.717, 1.165) is 25.3 Å². The van der Waals surface area contributed by atoms with Crippen LogP contribution < -0.4 is 5.32 Å². The molecule has 3 rings (SSSR count). The molecule has 1 aliphatic carbocycles. The summed E-state index contributed by atoms with van der Waals surface area (Å²) in [6.07, 6.45) is 3.93. The highest BCUT2D eigenvalue weighted by molar-refractivity contribution is 5.81. The third-order valence-corrected chi connectivity index (χ3v) is 4.57. The molecule has 1 aromatic carbocycles. The number of hydrogen-bond acceptors (Lipinski definition) is 2. The van der Waals surface area contributed by atoms with Gasteiger partial charge >= 0.3 is 0 Å². The van der Waals surface area contributed by atoms with Gasteiger partial charge in [0, 0.05) is 6.04 Å². The van der Waals surface area contributed by atoms with Crippen molar-refractivity contribution in [2.24, 2.45) is 5.92 Å². The normalized spacial score (nSPS) is 30.0. The topological polar surface area (TPSA) is 32.3 Å².